The summed E-state index contributed by atoms with van der Waals surface area (Å²) in [6.45, 7) is 0. The maximum absolute atomic E-state index is 13.3. The Hall–Kier alpha value is -2.80. The molecule has 4 nitrogen and oxygen atoms in total. The van der Waals surface area contributed by atoms with Gasteiger partial charge in [0.15, 0.2) is 0 Å². The first-order valence-corrected chi connectivity index (χ1v) is 10.3. The number of nitrogens with zero attached hydrogens (tertiary/aromatic N) is 1. The summed E-state index contributed by atoms with van der Waals surface area (Å²) in [5.74, 6) is -1.48. The van der Waals surface area contributed by atoms with E-state index in [2.05, 4.69) is 5.32 Å². The van der Waals surface area contributed by atoms with Crippen LogP contribution in [0, 0.1) is 5.82 Å². The molecular formula is C22H13Cl2FN2O2S. The van der Waals surface area contributed by atoms with Crippen molar-refractivity contribution in [2.45, 2.75) is 4.90 Å². The molecule has 8 heteroatoms. The summed E-state index contributed by atoms with van der Waals surface area (Å²) in [4.78, 5) is 28.5. The van der Waals surface area contributed by atoms with Gasteiger partial charge in [-0.15, -0.1) is 0 Å². The third kappa shape index (κ3) is 4.07. The fourth-order valence-electron chi connectivity index (χ4n) is 2.88. The topological polar surface area (TPSA) is 49.4 Å². The van der Waals surface area contributed by atoms with E-state index in [1.165, 1.54) is 36.4 Å². The van der Waals surface area contributed by atoms with Gasteiger partial charge in [-0.05, 0) is 54.6 Å². The highest BCUT2D eigenvalue weighted by Crippen LogP contribution is 2.40. The van der Waals surface area contributed by atoms with E-state index in [9.17, 15) is 14.0 Å². The number of imide groups is 1. The van der Waals surface area contributed by atoms with Gasteiger partial charge in [0.25, 0.3) is 11.8 Å². The van der Waals surface area contributed by atoms with Crippen molar-refractivity contribution in [3.8, 4) is 0 Å². The smallest absolute Gasteiger partial charge is 0.283 e. The molecule has 0 atom stereocenters. The maximum atomic E-state index is 13.3. The van der Waals surface area contributed by atoms with E-state index < -0.39 is 17.6 Å². The van der Waals surface area contributed by atoms with Gasteiger partial charge in [-0.2, -0.15) is 0 Å². The molecule has 150 valence electrons. The Morgan fingerprint density at radius 1 is 0.867 bits per heavy atom. The normalized spacial score (nSPS) is 13.9. The van der Waals surface area contributed by atoms with Crippen LogP contribution in [0.15, 0.2) is 88.3 Å². The van der Waals surface area contributed by atoms with Crippen LogP contribution < -0.4 is 10.2 Å². The number of halogens is 3. The monoisotopic (exact) mass is 458 g/mol. The Kier molecular flexibility index (Phi) is 5.81. The van der Waals surface area contributed by atoms with Crippen LogP contribution in [0.25, 0.3) is 0 Å². The SMILES string of the molecule is O=C1C(Nc2ccc(F)cc2)=C(Sc2ccccc2)C(=O)N1c1ccc(Cl)cc1Cl. The molecule has 0 aliphatic carbocycles. The van der Waals surface area contributed by atoms with Gasteiger partial charge in [0.05, 0.1) is 10.7 Å². The van der Waals surface area contributed by atoms with Gasteiger partial charge < -0.3 is 5.32 Å². The number of amides is 2. The van der Waals surface area contributed by atoms with E-state index in [1.807, 2.05) is 30.3 Å². The minimum atomic E-state index is -0.563. The van der Waals surface area contributed by atoms with E-state index in [4.69, 9.17) is 23.2 Å². The third-order valence-corrected chi connectivity index (χ3v) is 5.90. The van der Waals surface area contributed by atoms with Crippen LogP contribution in [-0.4, -0.2) is 11.8 Å². The Morgan fingerprint density at radius 3 is 2.23 bits per heavy atom. The number of nitrogens with one attached hydrogen (secondary N) is 1. The molecule has 0 aromatic heterocycles. The number of hydrogen-bond acceptors (Lipinski definition) is 4. The molecule has 2 amide bonds. The fraction of sp³-hybridized carbons (Fsp3) is 0. The summed E-state index contributed by atoms with van der Waals surface area (Å²) in [6.07, 6.45) is 0. The molecule has 3 aromatic rings. The molecule has 30 heavy (non-hydrogen) atoms. The molecule has 1 N–H and O–H groups in total. The molecule has 4 rings (SSSR count). The molecule has 0 saturated carbocycles. The Labute approximate surface area is 186 Å². The van der Waals surface area contributed by atoms with Crippen molar-refractivity contribution in [1.82, 2.24) is 0 Å². The van der Waals surface area contributed by atoms with Crippen molar-refractivity contribution < 1.29 is 14.0 Å². The fourth-order valence-corrected chi connectivity index (χ4v) is 4.32. The van der Waals surface area contributed by atoms with Gasteiger partial charge >= 0.3 is 0 Å². The minimum absolute atomic E-state index is 0.0893. The zero-order valence-electron chi connectivity index (χ0n) is 15.2. The van der Waals surface area contributed by atoms with Crippen LogP contribution in [0.4, 0.5) is 15.8 Å². The maximum Gasteiger partial charge on any atom is 0.283 e. The molecule has 0 saturated heterocycles. The van der Waals surface area contributed by atoms with Gasteiger partial charge in [0, 0.05) is 15.6 Å². The number of anilines is 2. The number of benzene rings is 3. The molecule has 1 aliphatic rings. The lowest BCUT2D eigenvalue weighted by Gasteiger charge is -2.17. The van der Waals surface area contributed by atoms with E-state index in [1.54, 1.807) is 6.07 Å². The largest absolute Gasteiger partial charge is 0.350 e. The average molecular weight is 459 g/mol. The van der Waals surface area contributed by atoms with E-state index >= 15 is 0 Å². The number of thioether (sulfide) groups is 1. The van der Waals surface area contributed by atoms with Crippen molar-refractivity contribution in [3.05, 3.63) is 99.3 Å². The summed E-state index contributed by atoms with van der Waals surface area (Å²) < 4.78 is 13.3. The van der Waals surface area contributed by atoms with Crippen molar-refractivity contribution in [1.29, 1.82) is 0 Å². The molecule has 1 aliphatic heterocycles. The lowest BCUT2D eigenvalue weighted by Crippen LogP contribution is -2.32. The molecule has 3 aromatic carbocycles. The summed E-state index contributed by atoms with van der Waals surface area (Å²) in [5.41, 5.74) is 0.798. The number of rotatable bonds is 5. The summed E-state index contributed by atoms with van der Waals surface area (Å²) in [6, 6.07) is 19.3. The van der Waals surface area contributed by atoms with Crippen LogP contribution >= 0.6 is 35.0 Å². The van der Waals surface area contributed by atoms with Crippen LogP contribution in [0.5, 0.6) is 0 Å². The summed E-state index contributed by atoms with van der Waals surface area (Å²) in [5, 5.41) is 3.53. The van der Waals surface area contributed by atoms with E-state index in [0.29, 0.717) is 10.7 Å². The van der Waals surface area contributed by atoms with Crippen LogP contribution in [0.3, 0.4) is 0 Å². The van der Waals surface area contributed by atoms with E-state index in [-0.39, 0.29) is 21.3 Å². The first kappa shape index (κ1) is 20.5. The zero-order chi connectivity index (χ0) is 21.3. The van der Waals surface area contributed by atoms with Crippen molar-refractivity contribution in [2.75, 3.05) is 10.2 Å². The second-order valence-corrected chi connectivity index (χ2v) is 8.22. The lowest BCUT2D eigenvalue weighted by atomic mass is 10.2. The molecule has 1 heterocycles. The summed E-state index contributed by atoms with van der Waals surface area (Å²) in [7, 11) is 0. The highest BCUT2D eigenvalue weighted by Gasteiger charge is 2.41. The molecule has 0 bridgehead atoms. The first-order chi connectivity index (χ1) is 14.4. The van der Waals surface area contributed by atoms with Gasteiger partial charge in [0.1, 0.15) is 16.4 Å². The Bertz CT molecular complexity index is 1170. The average Bonchev–Trinajstić information content (AvgIpc) is 2.95. The summed E-state index contributed by atoms with van der Waals surface area (Å²) >= 11 is 13.4. The molecule has 0 unspecified atom stereocenters. The third-order valence-electron chi connectivity index (χ3n) is 4.27. The van der Waals surface area contributed by atoms with Gasteiger partial charge in [0.2, 0.25) is 0 Å². The van der Waals surface area contributed by atoms with E-state index in [0.717, 1.165) is 21.6 Å². The molecule has 0 fully saturated rings. The Morgan fingerprint density at radius 2 is 1.57 bits per heavy atom. The van der Waals surface area contributed by atoms with Gasteiger partial charge in [-0.25, -0.2) is 9.29 Å². The number of carbonyl (C=O) groups excluding carboxylic acids is 2. The number of carbonyl (C=O) groups is 2. The van der Waals surface area contributed by atoms with Gasteiger partial charge in [-0.1, -0.05) is 53.2 Å². The lowest BCUT2D eigenvalue weighted by molar-refractivity contribution is -0.120. The molecule has 0 radical (unpaired) electrons. The predicted octanol–water partition coefficient (Wildman–Crippen LogP) is 6.12. The Balaban J connectivity index is 1.76. The van der Waals surface area contributed by atoms with Crippen LogP contribution in [0.1, 0.15) is 0 Å². The van der Waals surface area contributed by atoms with Gasteiger partial charge in [-0.3, -0.25) is 9.59 Å². The predicted molar refractivity (Wildman–Crippen MR) is 118 cm³/mol. The molecular weight excluding hydrogens is 446 g/mol. The van der Waals surface area contributed by atoms with Crippen molar-refractivity contribution in [2.24, 2.45) is 0 Å². The second kappa shape index (κ2) is 8.52. The first-order valence-electron chi connectivity index (χ1n) is 8.77. The zero-order valence-corrected chi connectivity index (χ0v) is 17.6. The second-order valence-electron chi connectivity index (χ2n) is 6.29. The standard InChI is InChI=1S/C22H13Cl2FN2O2S/c23-13-6-11-18(17(24)12-13)27-21(28)19(26-15-9-7-14(25)8-10-15)20(22(27)29)30-16-4-2-1-3-5-16/h1-12,26H. The molecule has 0 spiro atoms. The highest BCUT2D eigenvalue weighted by molar-refractivity contribution is 8.04. The van der Waals surface area contributed by atoms with Crippen molar-refractivity contribution in [3.63, 3.8) is 0 Å². The van der Waals surface area contributed by atoms with Crippen LogP contribution in [-0.2, 0) is 9.59 Å². The quantitative estimate of drug-likeness (QED) is 0.467. The highest BCUT2D eigenvalue weighted by atomic mass is 35.5. The van der Waals surface area contributed by atoms with Crippen molar-refractivity contribution >= 4 is 58.2 Å². The van der Waals surface area contributed by atoms with Crippen LogP contribution in [0.2, 0.25) is 10.0 Å². The number of hydrogen-bond donors (Lipinski definition) is 1. The minimum Gasteiger partial charge on any atom is -0.350 e.